The van der Waals surface area contributed by atoms with E-state index in [0.717, 1.165) is 25.7 Å². The molecule has 0 radical (unpaired) electrons. The summed E-state index contributed by atoms with van der Waals surface area (Å²) >= 11 is 0. The second-order valence-corrected chi connectivity index (χ2v) is 9.20. The maximum absolute atomic E-state index is 12.9. The lowest BCUT2D eigenvalue weighted by Crippen LogP contribution is -2.41. The maximum atomic E-state index is 12.9. The van der Waals surface area contributed by atoms with Gasteiger partial charge in [-0.3, -0.25) is 4.79 Å². The number of hydrogen-bond acceptors (Lipinski definition) is 5. The van der Waals surface area contributed by atoms with Crippen LogP contribution in [0, 0.1) is 5.92 Å². The number of aliphatic carboxylic acids is 1. The lowest BCUT2D eigenvalue weighted by Gasteiger charge is -2.27. The Balaban J connectivity index is 1.78. The molecule has 166 valence electrons. The molecule has 1 saturated carbocycles. The van der Waals surface area contributed by atoms with Crippen molar-refractivity contribution >= 4 is 18.0 Å². The van der Waals surface area contributed by atoms with Gasteiger partial charge < -0.3 is 30.2 Å². The Morgan fingerprint density at radius 1 is 1.23 bits per heavy atom. The number of carbonyl (C=O) groups excluding carboxylic acids is 2. The highest BCUT2D eigenvalue weighted by molar-refractivity contribution is 5.95. The molecule has 0 bridgehead atoms. The molecule has 2 heterocycles. The van der Waals surface area contributed by atoms with Crippen LogP contribution < -0.4 is 5.32 Å². The number of nitrogens with one attached hydrogen (secondary N) is 2. The second-order valence-electron chi connectivity index (χ2n) is 9.20. The van der Waals surface area contributed by atoms with E-state index in [9.17, 15) is 24.6 Å². The fourth-order valence-electron chi connectivity index (χ4n) is 4.32. The lowest BCUT2D eigenvalue weighted by atomic mass is 9.95. The third-order valence-electron chi connectivity index (χ3n) is 5.64. The molecule has 1 aromatic rings. The average Bonchev–Trinajstić information content (AvgIpc) is 3.38. The topological polar surface area (TPSA) is 132 Å². The van der Waals surface area contributed by atoms with Gasteiger partial charge >= 0.3 is 12.1 Å². The number of amides is 2. The number of hydrogen-bond donors (Lipinski definition) is 4. The Hall–Kier alpha value is -2.55. The third kappa shape index (κ3) is 5.13. The molecule has 0 spiro atoms. The summed E-state index contributed by atoms with van der Waals surface area (Å²) in [7, 11) is 0. The smallest absolute Gasteiger partial charge is 0.408 e. The van der Waals surface area contributed by atoms with E-state index in [-0.39, 0.29) is 30.6 Å². The van der Waals surface area contributed by atoms with E-state index in [1.54, 1.807) is 32.9 Å². The molecule has 0 unspecified atom stereocenters. The van der Waals surface area contributed by atoms with Crippen molar-refractivity contribution in [2.75, 3.05) is 6.54 Å². The predicted octanol–water partition coefficient (Wildman–Crippen LogP) is 2.43. The van der Waals surface area contributed by atoms with E-state index in [1.807, 2.05) is 0 Å². The number of likely N-dealkylation sites (tertiary alicyclic amines) is 1. The van der Waals surface area contributed by atoms with Crippen LogP contribution in [0.1, 0.15) is 75.1 Å². The van der Waals surface area contributed by atoms with Crippen molar-refractivity contribution in [3.05, 3.63) is 23.5 Å². The number of carbonyl (C=O) groups is 3. The Kier molecular flexibility index (Phi) is 6.40. The summed E-state index contributed by atoms with van der Waals surface area (Å²) in [6, 6.07) is 1.96. The van der Waals surface area contributed by atoms with Gasteiger partial charge in [0, 0.05) is 18.7 Å². The van der Waals surface area contributed by atoms with Gasteiger partial charge in [-0.25, -0.2) is 9.59 Å². The molecule has 3 rings (SSSR count). The minimum Gasteiger partial charge on any atom is -0.480 e. The molecule has 1 aliphatic carbocycles. The minimum atomic E-state index is -1.14. The molecule has 3 atom stereocenters. The fourth-order valence-corrected chi connectivity index (χ4v) is 4.32. The summed E-state index contributed by atoms with van der Waals surface area (Å²) in [6.07, 6.45) is 2.72. The highest BCUT2D eigenvalue weighted by Gasteiger charge is 2.40. The van der Waals surface area contributed by atoms with Gasteiger partial charge in [-0.1, -0.05) is 12.8 Å². The van der Waals surface area contributed by atoms with Gasteiger partial charge in [-0.15, -0.1) is 0 Å². The molecular weight excluding hydrogens is 390 g/mol. The van der Waals surface area contributed by atoms with Crippen LogP contribution in [-0.4, -0.2) is 62.4 Å². The first-order valence-electron chi connectivity index (χ1n) is 10.5. The summed E-state index contributed by atoms with van der Waals surface area (Å²) in [6.45, 7) is 5.37. The summed E-state index contributed by atoms with van der Waals surface area (Å²) in [5.74, 6) is -1.39. The van der Waals surface area contributed by atoms with E-state index >= 15 is 0 Å². The summed E-state index contributed by atoms with van der Waals surface area (Å²) < 4.78 is 5.40. The summed E-state index contributed by atoms with van der Waals surface area (Å²) in [5, 5.41) is 22.1. The standard InChI is InChI=1S/C21H31N3O6/c1-21(2,3)30-20(29)23-17(12-6-4-5-7-12)14-8-9-15(22-14)18(26)24-11-13(25)10-16(24)19(27)28/h8-9,12-13,16-17,22,25H,4-7,10-11H2,1-3H3,(H,23,29)(H,27,28)/t13-,16-,17-/m0/s1. The quantitative estimate of drug-likeness (QED) is 0.577. The molecule has 2 aliphatic rings. The van der Waals surface area contributed by atoms with Gasteiger partial charge in [0.2, 0.25) is 0 Å². The Bertz CT molecular complexity index is 793. The van der Waals surface area contributed by atoms with Gasteiger partial charge in [0.1, 0.15) is 17.3 Å². The average molecular weight is 421 g/mol. The van der Waals surface area contributed by atoms with Crippen molar-refractivity contribution in [1.29, 1.82) is 0 Å². The zero-order chi connectivity index (χ0) is 22.1. The Labute approximate surface area is 175 Å². The van der Waals surface area contributed by atoms with Crippen LogP contribution in [0.3, 0.4) is 0 Å². The molecule has 1 aliphatic heterocycles. The van der Waals surface area contributed by atoms with E-state index < -0.39 is 35.7 Å². The minimum absolute atomic E-state index is 0.0134. The summed E-state index contributed by atoms with van der Waals surface area (Å²) in [4.78, 5) is 41.0. The molecule has 9 nitrogen and oxygen atoms in total. The van der Waals surface area contributed by atoms with Gasteiger partial charge in [0.25, 0.3) is 5.91 Å². The number of rotatable bonds is 5. The van der Waals surface area contributed by atoms with Crippen molar-refractivity contribution in [2.45, 2.75) is 76.7 Å². The van der Waals surface area contributed by atoms with Crippen LogP contribution in [0.5, 0.6) is 0 Å². The van der Waals surface area contributed by atoms with Crippen molar-refractivity contribution in [1.82, 2.24) is 15.2 Å². The SMILES string of the molecule is CC(C)(C)OC(=O)N[C@H](c1ccc(C(=O)N2C[C@@H](O)C[C@H]2C(=O)O)[nH]1)C1CCCC1. The highest BCUT2D eigenvalue weighted by Crippen LogP contribution is 2.36. The Morgan fingerprint density at radius 3 is 2.50 bits per heavy atom. The van der Waals surface area contributed by atoms with Crippen LogP contribution in [-0.2, 0) is 9.53 Å². The number of H-pyrrole nitrogens is 1. The van der Waals surface area contributed by atoms with E-state index in [2.05, 4.69) is 10.3 Å². The fraction of sp³-hybridized carbons (Fsp3) is 0.667. The number of alkyl carbamates (subject to hydrolysis) is 1. The number of carboxylic acids is 1. The molecular formula is C21H31N3O6. The molecule has 1 saturated heterocycles. The predicted molar refractivity (Wildman–Crippen MR) is 108 cm³/mol. The zero-order valence-corrected chi connectivity index (χ0v) is 17.7. The number of ether oxygens (including phenoxy) is 1. The van der Waals surface area contributed by atoms with Crippen molar-refractivity contribution < 1.29 is 29.3 Å². The number of carboxylic acid groups (broad SMARTS) is 1. The van der Waals surface area contributed by atoms with Gasteiger partial charge in [-0.05, 0) is 51.7 Å². The molecule has 1 aromatic heterocycles. The first-order valence-corrected chi connectivity index (χ1v) is 10.5. The first kappa shape index (κ1) is 22.1. The highest BCUT2D eigenvalue weighted by atomic mass is 16.6. The van der Waals surface area contributed by atoms with Gasteiger partial charge in [0.15, 0.2) is 0 Å². The molecule has 30 heavy (non-hydrogen) atoms. The van der Waals surface area contributed by atoms with Crippen molar-refractivity contribution in [3.8, 4) is 0 Å². The molecule has 9 heteroatoms. The van der Waals surface area contributed by atoms with Crippen LogP contribution in [0.2, 0.25) is 0 Å². The number of nitrogens with zero attached hydrogens (tertiary/aromatic N) is 1. The van der Waals surface area contributed by atoms with Crippen molar-refractivity contribution in [2.24, 2.45) is 5.92 Å². The van der Waals surface area contributed by atoms with E-state index in [1.165, 1.54) is 4.90 Å². The Morgan fingerprint density at radius 2 is 1.90 bits per heavy atom. The first-order chi connectivity index (χ1) is 14.0. The van der Waals surface area contributed by atoms with E-state index in [4.69, 9.17) is 4.74 Å². The van der Waals surface area contributed by atoms with Crippen LogP contribution in [0.4, 0.5) is 4.79 Å². The lowest BCUT2D eigenvalue weighted by molar-refractivity contribution is -0.141. The zero-order valence-electron chi connectivity index (χ0n) is 17.7. The molecule has 2 amide bonds. The maximum Gasteiger partial charge on any atom is 0.408 e. The van der Waals surface area contributed by atoms with Crippen LogP contribution >= 0.6 is 0 Å². The monoisotopic (exact) mass is 421 g/mol. The molecule has 2 fully saturated rings. The number of aromatic nitrogens is 1. The van der Waals surface area contributed by atoms with Crippen molar-refractivity contribution in [3.63, 3.8) is 0 Å². The normalized spacial score (nSPS) is 23.4. The number of aliphatic hydroxyl groups excluding tert-OH is 1. The largest absolute Gasteiger partial charge is 0.480 e. The molecule has 4 N–H and O–H groups in total. The molecule has 0 aromatic carbocycles. The number of aromatic amines is 1. The van der Waals surface area contributed by atoms with Crippen LogP contribution in [0.25, 0.3) is 0 Å². The second kappa shape index (κ2) is 8.67. The van der Waals surface area contributed by atoms with Gasteiger partial charge in [0.05, 0.1) is 12.1 Å². The van der Waals surface area contributed by atoms with E-state index in [0.29, 0.717) is 5.69 Å². The number of aliphatic hydroxyl groups is 1. The van der Waals surface area contributed by atoms with Gasteiger partial charge in [-0.2, -0.15) is 0 Å². The number of β-amino-alcohol motifs (C(OH)–C–C–N with tert-alkyl or cyclic N) is 1. The summed E-state index contributed by atoms with van der Waals surface area (Å²) in [5.41, 5.74) is 0.297. The third-order valence-corrected chi connectivity index (χ3v) is 5.64. The van der Waals surface area contributed by atoms with Crippen LogP contribution in [0.15, 0.2) is 12.1 Å².